The number of hydrogen-bond donors (Lipinski definition) is 2. The zero-order valence-electron chi connectivity index (χ0n) is 11.2. The highest BCUT2D eigenvalue weighted by atomic mass is 35.5. The minimum atomic E-state index is -0.288. The molecule has 1 aromatic heterocycles. The van der Waals surface area contributed by atoms with Crippen LogP contribution in [-0.2, 0) is 17.9 Å². The van der Waals surface area contributed by atoms with Gasteiger partial charge >= 0.3 is 0 Å². The van der Waals surface area contributed by atoms with Gasteiger partial charge in [0.2, 0.25) is 5.91 Å². The topological polar surface area (TPSA) is 54.3 Å². The molecule has 2 rings (SSSR count). The van der Waals surface area contributed by atoms with Gasteiger partial charge < -0.3 is 15.1 Å². The van der Waals surface area contributed by atoms with Crippen molar-refractivity contribution in [3.05, 3.63) is 59.0 Å². The monoisotopic (exact) mass is 292 g/mol. The summed E-state index contributed by atoms with van der Waals surface area (Å²) in [5, 5.41) is 6.66. The second kappa shape index (κ2) is 7.12. The molecule has 0 bridgehead atoms. The lowest BCUT2D eigenvalue weighted by Crippen LogP contribution is -2.41. The Labute approximate surface area is 123 Å². The van der Waals surface area contributed by atoms with Crippen molar-refractivity contribution < 1.29 is 9.21 Å². The van der Waals surface area contributed by atoms with Crippen molar-refractivity contribution in [1.82, 2.24) is 10.6 Å². The predicted molar refractivity (Wildman–Crippen MR) is 78.3 cm³/mol. The van der Waals surface area contributed by atoms with E-state index in [1.165, 1.54) is 0 Å². The second-order valence-electron chi connectivity index (χ2n) is 4.53. The molecule has 4 nitrogen and oxygen atoms in total. The largest absolute Gasteiger partial charge is 0.467 e. The van der Waals surface area contributed by atoms with Crippen molar-refractivity contribution >= 4 is 17.5 Å². The number of carbonyl (C=O) groups excluding carboxylic acids is 1. The highest BCUT2D eigenvalue weighted by Crippen LogP contribution is 2.10. The Morgan fingerprint density at radius 3 is 2.85 bits per heavy atom. The molecule has 0 saturated heterocycles. The van der Waals surface area contributed by atoms with Crippen molar-refractivity contribution in [3.63, 3.8) is 0 Å². The van der Waals surface area contributed by atoms with E-state index < -0.39 is 0 Å². The minimum absolute atomic E-state index is 0.0663. The van der Waals surface area contributed by atoms with E-state index in [1.807, 2.05) is 37.3 Å². The Hall–Kier alpha value is -1.78. The average molecular weight is 293 g/mol. The number of benzene rings is 1. The smallest absolute Gasteiger partial charge is 0.237 e. The Kier molecular flexibility index (Phi) is 5.21. The summed E-state index contributed by atoms with van der Waals surface area (Å²) in [6, 6.07) is 10.9. The molecular weight excluding hydrogens is 276 g/mol. The van der Waals surface area contributed by atoms with Gasteiger partial charge in [-0.1, -0.05) is 23.7 Å². The molecule has 0 aliphatic heterocycles. The molecule has 106 valence electrons. The van der Waals surface area contributed by atoms with Crippen LogP contribution in [0.1, 0.15) is 18.2 Å². The van der Waals surface area contributed by atoms with E-state index in [0.717, 1.165) is 11.3 Å². The van der Waals surface area contributed by atoms with E-state index in [1.54, 1.807) is 12.3 Å². The number of amides is 1. The SMILES string of the molecule is CC(NCc1cccc(Cl)c1)C(=O)NCc1ccco1. The van der Waals surface area contributed by atoms with E-state index in [4.69, 9.17) is 16.0 Å². The maximum absolute atomic E-state index is 11.9. The quantitative estimate of drug-likeness (QED) is 0.861. The zero-order valence-corrected chi connectivity index (χ0v) is 12.0. The molecule has 1 aromatic carbocycles. The Balaban J connectivity index is 1.76. The molecule has 0 aliphatic rings. The third-order valence-electron chi connectivity index (χ3n) is 2.91. The number of hydrogen-bond acceptors (Lipinski definition) is 3. The lowest BCUT2D eigenvalue weighted by molar-refractivity contribution is -0.123. The Bertz CT molecular complexity index is 555. The molecule has 5 heteroatoms. The van der Waals surface area contributed by atoms with E-state index in [-0.39, 0.29) is 11.9 Å². The maximum atomic E-state index is 11.9. The van der Waals surface area contributed by atoms with Gasteiger partial charge in [-0.15, -0.1) is 0 Å². The van der Waals surface area contributed by atoms with Gasteiger partial charge in [0.1, 0.15) is 5.76 Å². The fourth-order valence-corrected chi connectivity index (χ4v) is 1.96. The lowest BCUT2D eigenvalue weighted by atomic mass is 10.2. The molecule has 0 radical (unpaired) electrons. The first-order chi connectivity index (χ1) is 9.65. The van der Waals surface area contributed by atoms with E-state index in [2.05, 4.69) is 10.6 Å². The highest BCUT2D eigenvalue weighted by molar-refractivity contribution is 6.30. The normalized spacial score (nSPS) is 12.1. The first-order valence-corrected chi connectivity index (χ1v) is 6.81. The van der Waals surface area contributed by atoms with Crippen LogP contribution in [0.25, 0.3) is 0 Å². The third kappa shape index (κ3) is 4.40. The Morgan fingerprint density at radius 2 is 2.15 bits per heavy atom. The van der Waals surface area contributed by atoms with Crippen LogP contribution in [-0.4, -0.2) is 11.9 Å². The first-order valence-electron chi connectivity index (χ1n) is 6.43. The van der Waals surface area contributed by atoms with E-state index >= 15 is 0 Å². The summed E-state index contributed by atoms with van der Waals surface area (Å²) in [6.07, 6.45) is 1.59. The van der Waals surface area contributed by atoms with Crippen LogP contribution in [0.4, 0.5) is 0 Å². The van der Waals surface area contributed by atoms with Crippen molar-refractivity contribution in [3.8, 4) is 0 Å². The number of rotatable bonds is 6. The number of carbonyl (C=O) groups is 1. The van der Waals surface area contributed by atoms with Gasteiger partial charge in [-0.2, -0.15) is 0 Å². The van der Waals surface area contributed by atoms with Gasteiger partial charge in [0.15, 0.2) is 0 Å². The van der Waals surface area contributed by atoms with Gasteiger partial charge in [-0.25, -0.2) is 0 Å². The van der Waals surface area contributed by atoms with Crippen LogP contribution in [0, 0.1) is 0 Å². The highest BCUT2D eigenvalue weighted by Gasteiger charge is 2.12. The van der Waals surface area contributed by atoms with Gasteiger partial charge in [-0.3, -0.25) is 4.79 Å². The van der Waals surface area contributed by atoms with Gasteiger partial charge in [0, 0.05) is 11.6 Å². The molecule has 0 fully saturated rings. The van der Waals surface area contributed by atoms with Crippen molar-refractivity contribution in [1.29, 1.82) is 0 Å². The fraction of sp³-hybridized carbons (Fsp3) is 0.267. The van der Waals surface area contributed by atoms with Crippen molar-refractivity contribution in [2.45, 2.75) is 26.1 Å². The summed E-state index contributed by atoms with van der Waals surface area (Å²) in [5.41, 5.74) is 1.04. The van der Waals surface area contributed by atoms with Crippen LogP contribution in [0.2, 0.25) is 5.02 Å². The zero-order chi connectivity index (χ0) is 14.4. The predicted octanol–water partition coefficient (Wildman–Crippen LogP) is 2.73. The number of nitrogens with one attached hydrogen (secondary N) is 2. The molecule has 0 saturated carbocycles. The van der Waals surface area contributed by atoms with Crippen LogP contribution in [0.15, 0.2) is 47.1 Å². The van der Waals surface area contributed by atoms with Crippen LogP contribution < -0.4 is 10.6 Å². The third-order valence-corrected chi connectivity index (χ3v) is 3.15. The van der Waals surface area contributed by atoms with E-state index in [9.17, 15) is 4.79 Å². The summed E-state index contributed by atoms with van der Waals surface area (Å²) in [6.45, 7) is 2.81. The summed E-state index contributed by atoms with van der Waals surface area (Å²) >= 11 is 5.91. The molecule has 1 heterocycles. The molecule has 0 aliphatic carbocycles. The van der Waals surface area contributed by atoms with Crippen molar-refractivity contribution in [2.24, 2.45) is 0 Å². The summed E-state index contributed by atoms with van der Waals surface area (Å²) < 4.78 is 5.16. The summed E-state index contributed by atoms with van der Waals surface area (Å²) in [4.78, 5) is 11.9. The van der Waals surface area contributed by atoms with Gasteiger partial charge in [0.25, 0.3) is 0 Å². The molecule has 1 amide bonds. The summed E-state index contributed by atoms with van der Waals surface area (Å²) in [5.74, 6) is 0.670. The molecule has 2 N–H and O–H groups in total. The van der Waals surface area contributed by atoms with Gasteiger partial charge in [-0.05, 0) is 36.8 Å². The number of furan rings is 1. The van der Waals surface area contributed by atoms with Crippen molar-refractivity contribution in [2.75, 3.05) is 0 Å². The molecular formula is C15H17ClN2O2. The van der Waals surface area contributed by atoms with E-state index in [0.29, 0.717) is 18.1 Å². The minimum Gasteiger partial charge on any atom is -0.467 e. The van der Waals surface area contributed by atoms with Crippen LogP contribution >= 0.6 is 11.6 Å². The number of halogens is 1. The van der Waals surface area contributed by atoms with Crippen LogP contribution in [0.5, 0.6) is 0 Å². The fourth-order valence-electron chi connectivity index (χ4n) is 1.75. The Morgan fingerprint density at radius 1 is 1.30 bits per heavy atom. The maximum Gasteiger partial charge on any atom is 0.237 e. The standard InChI is InChI=1S/C15H17ClN2O2/c1-11(15(19)18-10-14-6-3-7-20-14)17-9-12-4-2-5-13(16)8-12/h2-8,11,17H,9-10H2,1H3,(H,18,19). The first kappa shape index (κ1) is 14.6. The van der Waals surface area contributed by atoms with Gasteiger partial charge in [0.05, 0.1) is 18.8 Å². The molecule has 2 aromatic rings. The lowest BCUT2D eigenvalue weighted by Gasteiger charge is -2.13. The average Bonchev–Trinajstić information content (AvgIpc) is 2.95. The molecule has 1 atom stereocenters. The molecule has 1 unspecified atom stereocenters. The summed E-state index contributed by atoms with van der Waals surface area (Å²) in [7, 11) is 0. The second-order valence-corrected chi connectivity index (χ2v) is 4.97. The molecule has 0 spiro atoms. The molecule has 20 heavy (non-hydrogen) atoms. The van der Waals surface area contributed by atoms with Crippen LogP contribution in [0.3, 0.4) is 0 Å².